The highest BCUT2D eigenvalue weighted by Gasteiger charge is 2.28. The van der Waals surface area contributed by atoms with E-state index >= 15 is 0 Å². The summed E-state index contributed by atoms with van der Waals surface area (Å²) in [5.74, 6) is 1.03. The molecule has 2 aliphatic heterocycles. The van der Waals surface area contributed by atoms with Crippen LogP contribution < -0.4 is 9.80 Å². The molecule has 1 amide bonds. The maximum absolute atomic E-state index is 13.1. The van der Waals surface area contributed by atoms with E-state index in [1.54, 1.807) is 12.1 Å². The molecule has 0 atom stereocenters. The molecule has 2 saturated heterocycles. The van der Waals surface area contributed by atoms with Gasteiger partial charge in [0.2, 0.25) is 5.91 Å². The van der Waals surface area contributed by atoms with Gasteiger partial charge in [0, 0.05) is 88.3 Å². The van der Waals surface area contributed by atoms with E-state index in [1.807, 2.05) is 47.2 Å². The van der Waals surface area contributed by atoms with Gasteiger partial charge in [-0.1, -0.05) is 44.0 Å². The Morgan fingerprint density at radius 3 is 2.09 bits per heavy atom. The molecule has 0 unspecified atom stereocenters. The third-order valence-electron chi connectivity index (χ3n) is 8.88. The number of hydrogen-bond donors (Lipinski definition) is 0. The number of carbonyl (C=O) groups excluding carboxylic acids is 1. The van der Waals surface area contributed by atoms with Crippen molar-refractivity contribution in [2.45, 2.75) is 49.8 Å². The first-order chi connectivity index (χ1) is 21.4. The molecule has 5 rings (SSSR count). The van der Waals surface area contributed by atoms with Gasteiger partial charge in [-0.15, -0.1) is 0 Å². The summed E-state index contributed by atoms with van der Waals surface area (Å²) >= 11 is 3.61. The molecule has 240 valence electrons. The van der Waals surface area contributed by atoms with Gasteiger partial charge in [-0.3, -0.25) is 4.79 Å². The average Bonchev–Trinajstić information content (AvgIpc) is 3.01. The summed E-state index contributed by atoms with van der Waals surface area (Å²) in [5, 5.41) is 0. The van der Waals surface area contributed by atoms with E-state index in [9.17, 15) is 4.79 Å². The van der Waals surface area contributed by atoms with Gasteiger partial charge in [-0.2, -0.15) is 0 Å². The number of hydrogen-bond acceptors (Lipinski definition) is 8. The quantitative estimate of drug-likeness (QED) is 0.240. The van der Waals surface area contributed by atoms with Crippen molar-refractivity contribution in [1.82, 2.24) is 17.8 Å². The van der Waals surface area contributed by atoms with Crippen LogP contribution in [0.25, 0.3) is 0 Å². The second-order valence-corrected chi connectivity index (χ2v) is 15.2. The van der Waals surface area contributed by atoms with Crippen molar-refractivity contribution in [2.75, 3.05) is 89.3 Å². The van der Waals surface area contributed by atoms with Crippen LogP contribution in [-0.2, 0) is 4.79 Å². The summed E-state index contributed by atoms with van der Waals surface area (Å²) in [6.07, 6.45) is 9.32. The van der Waals surface area contributed by atoms with Crippen LogP contribution >= 0.6 is 24.1 Å². The average molecular weight is 637 g/mol. The minimum atomic E-state index is 0.171. The van der Waals surface area contributed by atoms with Gasteiger partial charge in [0.15, 0.2) is 0 Å². The first kappa shape index (κ1) is 33.4. The van der Waals surface area contributed by atoms with E-state index in [0.29, 0.717) is 6.54 Å². The van der Waals surface area contributed by atoms with Gasteiger partial charge in [-0.05, 0) is 98.6 Å². The van der Waals surface area contributed by atoms with Crippen molar-refractivity contribution < 1.29 is 4.79 Å². The number of piperazine rings is 1. The minimum absolute atomic E-state index is 0.171. The molecule has 0 spiro atoms. The van der Waals surface area contributed by atoms with Gasteiger partial charge >= 0.3 is 0 Å². The predicted molar refractivity (Wildman–Crippen MR) is 189 cm³/mol. The van der Waals surface area contributed by atoms with Crippen LogP contribution in [0, 0.1) is 5.92 Å². The largest absolute Gasteiger partial charge is 0.378 e. The molecule has 9 heteroatoms. The Morgan fingerprint density at radius 1 is 0.750 bits per heavy atom. The fraction of sp³-hybridized carbons (Fsp3) is 0.571. The van der Waals surface area contributed by atoms with Crippen LogP contribution in [-0.4, -0.2) is 103 Å². The van der Waals surface area contributed by atoms with Crippen LogP contribution in [0.15, 0.2) is 71.6 Å². The van der Waals surface area contributed by atoms with Crippen LogP contribution in [0.2, 0.25) is 0 Å². The lowest BCUT2D eigenvalue weighted by Crippen LogP contribution is -2.49. The number of benzene rings is 2. The van der Waals surface area contributed by atoms with E-state index < -0.39 is 0 Å². The molecule has 0 radical (unpaired) electrons. The lowest BCUT2D eigenvalue weighted by atomic mass is 9.89. The minimum Gasteiger partial charge on any atom is -0.378 e. The molecular weight excluding hydrogens is 585 g/mol. The fourth-order valence-electron chi connectivity index (χ4n) is 6.54. The van der Waals surface area contributed by atoms with E-state index in [4.69, 9.17) is 0 Å². The van der Waals surface area contributed by atoms with Crippen LogP contribution in [0.3, 0.4) is 0 Å². The molecule has 44 heavy (non-hydrogen) atoms. The molecule has 2 aromatic rings. The first-order valence-corrected chi connectivity index (χ1v) is 18.1. The van der Waals surface area contributed by atoms with Gasteiger partial charge in [0.05, 0.1) is 6.54 Å². The standard InChI is InChI=1S/C35H52N6OS2/c1-30-26-38(43-34-18-16-32(17-19-34)36(2)3)22-10-20-37(28-31-12-6-4-7-13-31)21-11-23-39(27-30)44-40-24-25-41(35(42)29-40)33-14-8-5-9-15-33/h5,8-9,14-19,31H,1,4,6-7,10-13,20-29H2,2-3H3. The SMILES string of the molecule is C=C1CN(Sc2ccc(N(C)C)cc2)CCCN(CC2CCCCC2)CCCN(SN2CCN(c3ccccc3)C(=O)C2)C1. The van der Waals surface area contributed by atoms with Gasteiger partial charge in [0.25, 0.3) is 0 Å². The molecular formula is C35H52N6OS2. The Labute approximate surface area is 275 Å². The van der Waals surface area contributed by atoms with Crippen molar-refractivity contribution in [1.29, 1.82) is 0 Å². The number of rotatable bonds is 8. The zero-order valence-corrected chi connectivity index (χ0v) is 28.5. The smallest absolute Gasteiger partial charge is 0.242 e. The van der Waals surface area contributed by atoms with Crippen molar-refractivity contribution in [3.8, 4) is 0 Å². The second-order valence-electron chi connectivity index (χ2n) is 12.8. The highest BCUT2D eigenvalue weighted by atomic mass is 32.2. The van der Waals surface area contributed by atoms with Crippen molar-refractivity contribution in [2.24, 2.45) is 5.92 Å². The third-order valence-corrected chi connectivity index (χ3v) is 11.0. The summed E-state index contributed by atoms with van der Waals surface area (Å²) in [5.41, 5.74) is 3.44. The number of nitrogens with zero attached hydrogens (tertiary/aromatic N) is 6. The highest BCUT2D eigenvalue weighted by molar-refractivity contribution is 7.97. The Kier molecular flexibility index (Phi) is 12.9. The summed E-state index contributed by atoms with van der Waals surface area (Å²) in [6.45, 7) is 13.8. The van der Waals surface area contributed by atoms with Crippen LogP contribution in [0.1, 0.15) is 44.9 Å². The molecule has 1 aliphatic carbocycles. The predicted octanol–water partition coefficient (Wildman–Crippen LogP) is 6.51. The summed E-state index contributed by atoms with van der Waals surface area (Å²) in [4.78, 5) is 21.2. The topological polar surface area (TPSA) is 36.5 Å². The maximum Gasteiger partial charge on any atom is 0.242 e. The highest BCUT2D eigenvalue weighted by Crippen LogP contribution is 2.29. The van der Waals surface area contributed by atoms with E-state index in [2.05, 4.69) is 67.7 Å². The maximum atomic E-state index is 13.1. The first-order valence-electron chi connectivity index (χ1n) is 16.6. The molecule has 3 aliphatic rings. The third kappa shape index (κ3) is 10.3. The fourth-order valence-corrected chi connectivity index (χ4v) is 8.68. The van der Waals surface area contributed by atoms with Crippen molar-refractivity contribution in [3.63, 3.8) is 0 Å². The summed E-state index contributed by atoms with van der Waals surface area (Å²) in [6, 6.07) is 19.0. The molecule has 7 nitrogen and oxygen atoms in total. The molecule has 0 aromatic heterocycles. The molecule has 0 N–H and O–H groups in total. The van der Waals surface area contributed by atoms with E-state index in [-0.39, 0.29) is 5.91 Å². The number of carbonyl (C=O) groups is 1. The van der Waals surface area contributed by atoms with Crippen LogP contribution in [0.5, 0.6) is 0 Å². The second kappa shape index (κ2) is 17.1. The van der Waals surface area contributed by atoms with E-state index in [0.717, 1.165) is 70.4 Å². The summed E-state index contributed by atoms with van der Waals surface area (Å²) < 4.78 is 7.22. The van der Waals surface area contributed by atoms with Crippen molar-refractivity contribution in [3.05, 3.63) is 66.7 Å². The lowest BCUT2D eigenvalue weighted by Gasteiger charge is -2.37. The number of anilines is 2. The Morgan fingerprint density at radius 2 is 1.41 bits per heavy atom. The Hall–Kier alpha value is -2.01. The number of amides is 1. The Balaban J connectivity index is 1.23. The van der Waals surface area contributed by atoms with Gasteiger partial charge in [-0.25, -0.2) is 12.9 Å². The Bertz CT molecular complexity index is 1170. The summed E-state index contributed by atoms with van der Waals surface area (Å²) in [7, 11) is 4.18. The van der Waals surface area contributed by atoms with Gasteiger partial charge < -0.3 is 14.7 Å². The molecule has 0 bridgehead atoms. The van der Waals surface area contributed by atoms with E-state index in [1.165, 1.54) is 61.2 Å². The monoisotopic (exact) mass is 636 g/mol. The number of para-hydroxylation sites is 1. The normalized spacial score (nSPS) is 21.6. The van der Waals surface area contributed by atoms with Crippen molar-refractivity contribution >= 4 is 41.4 Å². The van der Waals surface area contributed by atoms with Crippen LogP contribution in [0.4, 0.5) is 11.4 Å². The molecule has 1 saturated carbocycles. The molecule has 3 fully saturated rings. The molecule has 2 aromatic carbocycles. The zero-order chi connectivity index (χ0) is 30.7. The van der Waals surface area contributed by atoms with Gasteiger partial charge in [0.1, 0.15) is 0 Å². The molecule has 2 heterocycles. The lowest BCUT2D eigenvalue weighted by molar-refractivity contribution is -0.119. The zero-order valence-electron chi connectivity index (χ0n) is 26.9.